The van der Waals surface area contributed by atoms with Gasteiger partial charge in [-0.3, -0.25) is 14.4 Å². The van der Waals surface area contributed by atoms with Gasteiger partial charge in [0, 0.05) is 26.2 Å². The first-order valence-corrected chi connectivity index (χ1v) is 14.6. The van der Waals surface area contributed by atoms with Crippen molar-refractivity contribution in [3.05, 3.63) is 61.2 Å². The van der Waals surface area contributed by atoms with Crippen LogP contribution in [0.2, 0.25) is 0 Å². The molecule has 1 aromatic carbocycles. The monoisotopic (exact) mass is 551 g/mol. The highest BCUT2D eigenvalue weighted by molar-refractivity contribution is 5.99. The fraction of sp³-hybridized carbons (Fsp3) is 0.594. The highest BCUT2D eigenvalue weighted by atomic mass is 16.5. The van der Waals surface area contributed by atoms with Crippen molar-refractivity contribution in [3.8, 4) is 0 Å². The maximum atomic E-state index is 14.6. The second-order valence-electron chi connectivity index (χ2n) is 12.0. The molecule has 1 spiro atoms. The number of likely N-dealkylation sites (tertiary alicyclic amines) is 1. The van der Waals surface area contributed by atoms with E-state index in [2.05, 4.69) is 13.2 Å². The molecule has 0 saturated carbocycles. The van der Waals surface area contributed by atoms with Gasteiger partial charge < -0.3 is 24.5 Å². The second kappa shape index (κ2) is 11.9. The van der Waals surface area contributed by atoms with E-state index in [0.717, 1.165) is 12.0 Å². The molecule has 1 aromatic rings. The fourth-order valence-electron chi connectivity index (χ4n) is 7.28. The summed E-state index contributed by atoms with van der Waals surface area (Å²) in [5.74, 6) is -2.27. The number of hydrogen-bond donors (Lipinski definition) is 1. The summed E-state index contributed by atoms with van der Waals surface area (Å²) in [5, 5.41) is 10.5. The van der Waals surface area contributed by atoms with Gasteiger partial charge in [0.15, 0.2) is 0 Å². The SMILES string of the molecule is C=CCN(Cc1ccccc1)C(=O)C1N([C@@H](CO)C(C)C)C(=O)[C@@H]2[C@@H](C(=O)N(CC=C)CCC)[C@@]3(C)CCC12O3. The topological polar surface area (TPSA) is 90.4 Å². The van der Waals surface area contributed by atoms with Gasteiger partial charge in [0.25, 0.3) is 0 Å². The van der Waals surface area contributed by atoms with Crippen LogP contribution < -0.4 is 0 Å². The predicted octanol–water partition coefficient (Wildman–Crippen LogP) is 3.41. The number of benzene rings is 1. The maximum Gasteiger partial charge on any atom is 0.249 e. The number of hydrogen-bond acceptors (Lipinski definition) is 5. The lowest BCUT2D eigenvalue weighted by molar-refractivity contribution is -0.157. The zero-order valence-electron chi connectivity index (χ0n) is 24.4. The van der Waals surface area contributed by atoms with Gasteiger partial charge in [0.05, 0.1) is 30.1 Å². The molecule has 1 N–H and O–H groups in total. The second-order valence-corrected chi connectivity index (χ2v) is 12.0. The van der Waals surface area contributed by atoms with E-state index in [9.17, 15) is 19.5 Å². The Kier molecular flexibility index (Phi) is 8.90. The molecule has 0 aromatic heterocycles. The van der Waals surface area contributed by atoms with Crippen LogP contribution in [0.15, 0.2) is 55.6 Å². The van der Waals surface area contributed by atoms with E-state index in [1.807, 2.05) is 58.0 Å². The number of carbonyl (C=O) groups is 3. The van der Waals surface area contributed by atoms with Gasteiger partial charge in [-0.05, 0) is 37.7 Å². The molecule has 3 aliphatic rings. The largest absolute Gasteiger partial charge is 0.394 e. The van der Waals surface area contributed by atoms with Crippen LogP contribution in [0.5, 0.6) is 0 Å². The summed E-state index contributed by atoms with van der Waals surface area (Å²) in [6, 6.07) is 8.16. The number of aliphatic hydroxyl groups is 1. The molecule has 2 unspecified atom stereocenters. The molecule has 3 heterocycles. The van der Waals surface area contributed by atoms with E-state index in [1.165, 1.54) is 0 Å². The lowest BCUT2D eigenvalue weighted by Gasteiger charge is -2.40. The van der Waals surface area contributed by atoms with Crippen molar-refractivity contribution in [3.63, 3.8) is 0 Å². The van der Waals surface area contributed by atoms with Crippen molar-refractivity contribution >= 4 is 17.7 Å². The lowest BCUT2D eigenvalue weighted by atomic mass is 9.66. The molecule has 218 valence electrons. The molecule has 4 rings (SSSR count). The summed E-state index contributed by atoms with van der Waals surface area (Å²) in [5.41, 5.74) is -1.04. The van der Waals surface area contributed by atoms with Crippen LogP contribution in [-0.4, -0.2) is 87.1 Å². The van der Waals surface area contributed by atoms with Gasteiger partial charge >= 0.3 is 0 Å². The number of amides is 3. The molecule has 8 nitrogen and oxygen atoms in total. The Bertz CT molecular complexity index is 1120. The van der Waals surface area contributed by atoms with Crippen molar-refractivity contribution in [1.29, 1.82) is 0 Å². The van der Waals surface area contributed by atoms with Crippen LogP contribution in [-0.2, 0) is 25.7 Å². The number of ether oxygens (including phenoxy) is 1. The Morgan fingerprint density at radius 3 is 2.35 bits per heavy atom. The van der Waals surface area contributed by atoms with E-state index in [1.54, 1.807) is 26.9 Å². The third kappa shape index (κ3) is 4.90. The summed E-state index contributed by atoms with van der Waals surface area (Å²) in [6.07, 6.45) is 5.23. The average molecular weight is 552 g/mol. The van der Waals surface area contributed by atoms with Crippen molar-refractivity contribution in [1.82, 2.24) is 14.7 Å². The Hall–Kier alpha value is -2.97. The van der Waals surface area contributed by atoms with E-state index < -0.39 is 35.1 Å². The lowest BCUT2D eigenvalue weighted by Crippen LogP contribution is -2.59. The van der Waals surface area contributed by atoms with E-state index in [-0.39, 0.29) is 30.2 Å². The summed E-state index contributed by atoms with van der Waals surface area (Å²) in [7, 11) is 0. The standard InChI is InChI=1S/C32H45N3O5/c1-7-17-33(18-8-2)28(37)25-26-29(38)35(24(21-36)22(4)5)27(32(26)16-15-31(25,6)40-32)30(39)34(19-9-3)20-23-13-11-10-12-14-23/h7,9-14,22,24-27,36H,1,3,8,15-21H2,2,4-6H3/t24-,25-,26-,27?,31+,32?/m0/s1. The molecule has 0 aliphatic carbocycles. The van der Waals surface area contributed by atoms with Crippen LogP contribution >= 0.6 is 0 Å². The van der Waals surface area contributed by atoms with Crippen LogP contribution in [0.1, 0.15) is 52.5 Å². The Morgan fingerprint density at radius 1 is 1.12 bits per heavy atom. The van der Waals surface area contributed by atoms with Crippen LogP contribution in [0.25, 0.3) is 0 Å². The summed E-state index contributed by atoms with van der Waals surface area (Å²) >= 11 is 0. The quantitative estimate of drug-likeness (QED) is 0.380. The molecule has 3 saturated heterocycles. The third-order valence-corrected chi connectivity index (χ3v) is 9.06. The van der Waals surface area contributed by atoms with Crippen molar-refractivity contribution < 1.29 is 24.2 Å². The van der Waals surface area contributed by atoms with Gasteiger partial charge in [-0.2, -0.15) is 0 Å². The van der Waals surface area contributed by atoms with Gasteiger partial charge in [-0.25, -0.2) is 0 Å². The first-order valence-electron chi connectivity index (χ1n) is 14.6. The van der Waals surface area contributed by atoms with Crippen LogP contribution in [0.4, 0.5) is 0 Å². The van der Waals surface area contributed by atoms with E-state index in [0.29, 0.717) is 39.0 Å². The number of carbonyl (C=O) groups excluding carboxylic acids is 3. The molecule has 2 bridgehead atoms. The molecule has 3 aliphatic heterocycles. The summed E-state index contributed by atoms with van der Waals surface area (Å²) in [6.45, 7) is 16.8. The molecular formula is C32H45N3O5. The first-order chi connectivity index (χ1) is 19.1. The molecule has 3 amide bonds. The molecular weight excluding hydrogens is 506 g/mol. The summed E-state index contributed by atoms with van der Waals surface area (Å²) < 4.78 is 6.81. The minimum absolute atomic E-state index is 0.110. The van der Waals surface area contributed by atoms with Gasteiger partial charge in [0.2, 0.25) is 17.7 Å². The first kappa shape index (κ1) is 30.0. The molecule has 6 atom stereocenters. The third-order valence-electron chi connectivity index (χ3n) is 9.06. The fourth-order valence-corrected chi connectivity index (χ4v) is 7.28. The van der Waals surface area contributed by atoms with Crippen molar-refractivity contribution in [2.45, 2.75) is 76.8 Å². The molecule has 8 heteroatoms. The van der Waals surface area contributed by atoms with E-state index >= 15 is 0 Å². The van der Waals surface area contributed by atoms with Gasteiger partial charge in [0.1, 0.15) is 11.6 Å². The van der Waals surface area contributed by atoms with Gasteiger partial charge in [-0.15, -0.1) is 13.2 Å². The number of rotatable bonds is 13. The highest BCUT2D eigenvalue weighted by Crippen LogP contribution is 2.64. The Balaban J connectivity index is 1.81. The smallest absolute Gasteiger partial charge is 0.249 e. The summed E-state index contributed by atoms with van der Waals surface area (Å²) in [4.78, 5) is 48.2. The van der Waals surface area contributed by atoms with E-state index in [4.69, 9.17) is 4.74 Å². The average Bonchev–Trinajstić information content (AvgIpc) is 3.49. The zero-order chi connectivity index (χ0) is 29.2. The maximum absolute atomic E-state index is 14.6. The van der Waals surface area contributed by atoms with Crippen molar-refractivity contribution in [2.75, 3.05) is 26.2 Å². The highest BCUT2D eigenvalue weighted by Gasteiger charge is 2.79. The number of nitrogens with zero attached hydrogens (tertiary/aromatic N) is 3. The molecule has 0 radical (unpaired) electrons. The van der Waals surface area contributed by atoms with Gasteiger partial charge in [-0.1, -0.05) is 63.3 Å². The van der Waals surface area contributed by atoms with Crippen LogP contribution in [0.3, 0.4) is 0 Å². The Morgan fingerprint density at radius 2 is 1.77 bits per heavy atom. The molecule has 40 heavy (non-hydrogen) atoms. The Labute approximate surface area is 238 Å². The predicted molar refractivity (Wildman–Crippen MR) is 154 cm³/mol. The minimum atomic E-state index is -1.15. The number of aliphatic hydroxyl groups excluding tert-OH is 1. The minimum Gasteiger partial charge on any atom is -0.394 e. The zero-order valence-corrected chi connectivity index (χ0v) is 24.4. The normalized spacial score (nSPS) is 29.4. The molecule has 3 fully saturated rings. The van der Waals surface area contributed by atoms with Crippen LogP contribution in [0, 0.1) is 17.8 Å². The van der Waals surface area contributed by atoms with Crippen molar-refractivity contribution in [2.24, 2.45) is 17.8 Å². The number of fused-ring (bicyclic) bond motifs is 1.